The predicted octanol–water partition coefficient (Wildman–Crippen LogP) is 13.5. The number of aromatic nitrogens is 2. The molecule has 6 aliphatic heterocycles. The van der Waals surface area contributed by atoms with Crippen LogP contribution in [0.2, 0.25) is 5.15 Å². The Morgan fingerprint density at radius 2 is 1.00 bits per heavy atom. The Morgan fingerprint density at radius 3 is 1.46 bits per heavy atom. The van der Waals surface area contributed by atoms with Gasteiger partial charge in [-0.25, -0.2) is 19.6 Å². The summed E-state index contributed by atoms with van der Waals surface area (Å²) in [6, 6.07) is 37.2. The highest BCUT2D eigenvalue weighted by molar-refractivity contribution is 7.18. The minimum Gasteiger partial charge on any atom is -0.462 e. The predicted molar refractivity (Wildman–Crippen MR) is 379 cm³/mol. The molecule has 0 atom stereocenters. The number of nitrogens with one attached hydrogen (secondary N) is 3. The van der Waals surface area contributed by atoms with Crippen LogP contribution in [0.25, 0.3) is 20.9 Å². The van der Waals surface area contributed by atoms with E-state index in [0.717, 1.165) is 163 Å². The molecule has 4 aromatic heterocycles. The van der Waals surface area contributed by atoms with E-state index in [1.807, 2.05) is 72.8 Å². The number of hydrogen-bond acceptors (Lipinski definition) is 16. The van der Waals surface area contributed by atoms with E-state index in [2.05, 4.69) is 25.8 Å². The summed E-state index contributed by atoms with van der Waals surface area (Å²) in [6.45, 7) is 13.0. The monoisotopic (exact) mass is 1360 g/mol. The first-order valence-electron chi connectivity index (χ1n) is 33.8. The van der Waals surface area contributed by atoms with E-state index in [-0.39, 0.29) is 46.1 Å². The Bertz CT molecular complexity index is 4330. The number of amides is 4. The lowest BCUT2D eigenvalue weighted by molar-refractivity contribution is -0.0130. The van der Waals surface area contributed by atoms with Crippen molar-refractivity contribution in [2.75, 3.05) is 104 Å². The Morgan fingerprint density at radius 1 is 0.546 bits per heavy atom. The van der Waals surface area contributed by atoms with Crippen molar-refractivity contribution in [2.45, 2.75) is 90.9 Å². The van der Waals surface area contributed by atoms with Crippen LogP contribution in [0.15, 0.2) is 121 Å². The molecule has 18 nitrogen and oxygen atoms in total. The first-order valence-corrected chi connectivity index (χ1v) is 35.8. The molecule has 16 rings (SSSR count). The van der Waals surface area contributed by atoms with Crippen LogP contribution >= 0.6 is 34.3 Å². The van der Waals surface area contributed by atoms with Crippen LogP contribution in [0.1, 0.15) is 147 Å². The first kappa shape index (κ1) is 65.6. The Hall–Kier alpha value is -8.63. The van der Waals surface area contributed by atoms with E-state index < -0.39 is 0 Å². The van der Waals surface area contributed by atoms with Crippen LogP contribution in [0.5, 0.6) is 0 Å². The maximum atomic E-state index is 13.9. The highest BCUT2D eigenvalue weighted by atomic mass is 35.5. The van der Waals surface area contributed by atoms with E-state index in [0.29, 0.717) is 87.9 Å². The van der Waals surface area contributed by atoms with Crippen LogP contribution < -0.4 is 30.7 Å². The molecule has 4 amide bonds. The highest BCUT2D eigenvalue weighted by Crippen LogP contribution is 2.46. The number of fused-ring (bicyclic) bond motifs is 8. The van der Waals surface area contributed by atoms with E-state index >= 15 is 0 Å². The van der Waals surface area contributed by atoms with E-state index in [4.69, 9.17) is 35.5 Å². The molecule has 8 aliphatic rings. The molecule has 3 N–H and O–H groups in total. The van der Waals surface area contributed by atoms with Gasteiger partial charge in [0, 0.05) is 126 Å². The number of hydrogen-bond donors (Lipinski definition) is 3. The lowest BCUT2D eigenvalue weighted by Gasteiger charge is -2.53. The van der Waals surface area contributed by atoms with Gasteiger partial charge in [0.25, 0.3) is 23.6 Å². The van der Waals surface area contributed by atoms with Crippen molar-refractivity contribution in [3.05, 3.63) is 192 Å². The number of anilines is 5. The van der Waals surface area contributed by atoms with Gasteiger partial charge < -0.3 is 49.6 Å². The number of para-hydroxylation sites is 2. The summed E-state index contributed by atoms with van der Waals surface area (Å²) < 4.78 is 21.3. The second-order valence-electron chi connectivity index (χ2n) is 26.2. The minimum absolute atomic E-state index is 0.119. The first-order chi connectivity index (χ1) is 47.2. The van der Waals surface area contributed by atoms with E-state index in [1.165, 1.54) is 48.6 Å². The van der Waals surface area contributed by atoms with Gasteiger partial charge in [-0.15, -0.1) is 22.7 Å². The number of halogens is 1. The summed E-state index contributed by atoms with van der Waals surface area (Å²) in [5.74, 6) is -0.647. The van der Waals surface area contributed by atoms with Crippen LogP contribution in [-0.2, 0) is 57.5 Å². The summed E-state index contributed by atoms with van der Waals surface area (Å²) in [4.78, 5) is 97.5. The van der Waals surface area contributed by atoms with Crippen molar-refractivity contribution in [3.63, 3.8) is 0 Å². The van der Waals surface area contributed by atoms with Crippen LogP contribution in [0.3, 0.4) is 0 Å². The fraction of sp³-hybridized carbons (Fsp3) is 0.368. The molecule has 0 unspecified atom stereocenters. The molecule has 8 aromatic rings. The smallest absolute Gasteiger partial charge is 0.348 e. The maximum Gasteiger partial charge on any atom is 0.348 e. The second kappa shape index (κ2) is 28.4. The van der Waals surface area contributed by atoms with Crippen LogP contribution in [0, 0.1) is 10.8 Å². The molecule has 500 valence electrons. The fourth-order valence-corrected chi connectivity index (χ4v) is 17.0. The van der Waals surface area contributed by atoms with Crippen molar-refractivity contribution in [2.24, 2.45) is 10.8 Å². The Balaban J connectivity index is 0.000000149. The molecular weight excluding hydrogens is 1280 g/mol. The summed E-state index contributed by atoms with van der Waals surface area (Å²) in [5.41, 5.74) is 13.9. The number of pyridine rings is 2. The highest BCUT2D eigenvalue weighted by Gasteiger charge is 2.46. The normalized spacial score (nSPS) is 17.2. The van der Waals surface area contributed by atoms with Crippen molar-refractivity contribution in [3.8, 4) is 20.9 Å². The third-order valence-corrected chi connectivity index (χ3v) is 22.6. The van der Waals surface area contributed by atoms with Gasteiger partial charge in [-0.05, 0) is 203 Å². The largest absolute Gasteiger partial charge is 0.462 e. The number of carbonyl (C=O) groups excluding carboxylic acids is 6. The molecule has 4 aromatic carbocycles. The molecular formula is C76H77ClN8O10S2. The summed E-state index contributed by atoms with van der Waals surface area (Å²) in [7, 11) is 0. The van der Waals surface area contributed by atoms with Gasteiger partial charge >= 0.3 is 11.9 Å². The Labute approximate surface area is 577 Å². The standard InChI is InChI=1S/C38H38N4O5S.C31H26ClN3O4S.C7H13NO/c1-2-47-37(45)32-21-26-14-17-42(31-9-4-3-7-28(31)33(26)48-32)36(44)24-10-12-27(13-11-24)39-35(43)29-20-25-6-5-8-30(25)40-34(29)41-22-38(23-41)15-18-46-19-16-38;1-2-39-31(38)26-17-20-14-15-35(25-9-4-3-7-22(25)27(20)40-26)30(37)18-10-12-21(13-11-18)33-29(36)23-16-19-6-5-8-24(19)34-28(23)32;1-3-9-4-2-7(1)5-8-6-7/h3-4,7,9-13,20-21H,2,5-6,8,14-19,22-23H2,1H3,(H,39,43);3-4,7,9-13,16-17H,2,5-6,8,14-15H2,1H3,(H,33,36);8H,1-6H2. The third-order valence-electron chi connectivity index (χ3n) is 19.9. The molecule has 0 saturated carbocycles. The fourth-order valence-electron chi connectivity index (χ4n) is 14.5. The van der Waals surface area contributed by atoms with E-state index in [9.17, 15) is 28.8 Å². The van der Waals surface area contributed by atoms with Crippen molar-refractivity contribution in [1.82, 2.24) is 15.3 Å². The lowest BCUT2D eigenvalue weighted by Crippen LogP contribution is -2.59. The average Bonchev–Trinajstić information content (AvgIpc) is 1.75. The van der Waals surface area contributed by atoms with Crippen molar-refractivity contribution >= 4 is 98.4 Å². The molecule has 10 heterocycles. The summed E-state index contributed by atoms with van der Waals surface area (Å²) in [6.07, 6.45) is 11.6. The van der Waals surface area contributed by atoms with Crippen LogP contribution in [0.4, 0.5) is 28.6 Å². The number of aryl methyl sites for hydroxylation is 4. The summed E-state index contributed by atoms with van der Waals surface area (Å²) in [5, 5.41) is 9.47. The lowest BCUT2D eigenvalue weighted by atomic mass is 9.73. The minimum atomic E-state index is -0.332. The number of esters is 2. The molecule has 97 heavy (non-hydrogen) atoms. The molecule has 21 heteroatoms. The summed E-state index contributed by atoms with van der Waals surface area (Å²) >= 11 is 9.10. The number of carbonyl (C=O) groups is 6. The number of benzene rings is 4. The number of rotatable bonds is 11. The van der Waals surface area contributed by atoms with Crippen LogP contribution in [-0.4, -0.2) is 124 Å². The van der Waals surface area contributed by atoms with Gasteiger partial charge in [-0.3, -0.25) is 19.2 Å². The molecule has 4 saturated heterocycles. The molecule has 0 radical (unpaired) electrons. The van der Waals surface area contributed by atoms with Crippen molar-refractivity contribution in [1.29, 1.82) is 0 Å². The molecule has 2 aliphatic carbocycles. The van der Waals surface area contributed by atoms with Gasteiger partial charge in [-0.1, -0.05) is 48.0 Å². The third kappa shape index (κ3) is 13.7. The van der Waals surface area contributed by atoms with E-state index in [1.54, 1.807) is 72.2 Å². The SMILES string of the molecule is C1CC2(CCO1)CNC2.CCOC(=O)c1cc2c(s1)-c1ccccc1N(C(=O)c1ccc(NC(=O)c3cc4c(nc3Cl)CCC4)cc1)CC2.CCOC(=O)c1cc2c(s1)-c1ccccc1N(C(=O)c1ccc(NC(=O)c3cc4c(nc3N3CC5(CCOCC5)C3)CCC4)cc1)CC2. The van der Waals surface area contributed by atoms with Gasteiger partial charge in [0.05, 0.1) is 35.7 Å². The molecule has 4 fully saturated rings. The van der Waals surface area contributed by atoms with Crippen molar-refractivity contribution < 1.29 is 47.7 Å². The quantitative estimate of drug-likeness (QED) is 0.0813. The van der Waals surface area contributed by atoms with Gasteiger partial charge in [0.1, 0.15) is 20.7 Å². The topological polar surface area (TPSA) is 211 Å². The van der Waals surface area contributed by atoms with Gasteiger partial charge in [0.2, 0.25) is 0 Å². The zero-order valence-corrected chi connectivity index (χ0v) is 56.9. The Kier molecular flexibility index (Phi) is 19.3. The van der Waals surface area contributed by atoms with Gasteiger partial charge in [-0.2, -0.15) is 0 Å². The zero-order chi connectivity index (χ0) is 66.8. The number of ether oxygens (including phenoxy) is 4. The zero-order valence-electron chi connectivity index (χ0n) is 54.5. The average molecular weight is 1360 g/mol. The number of thiophene rings is 2. The second-order valence-corrected chi connectivity index (χ2v) is 28.6. The molecule has 0 bridgehead atoms. The van der Waals surface area contributed by atoms with Gasteiger partial charge in [0.15, 0.2) is 0 Å². The number of nitrogens with zero attached hydrogens (tertiary/aromatic N) is 5. The maximum absolute atomic E-state index is 13.9. The molecule has 2 spiro atoms.